The Labute approximate surface area is 201 Å². The van der Waals surface area contributed by atoms with Crippen LogP contribution in [-0.2, 0) is 17.6 Å². The third-order valence-electron chi connectivity index (χ3n) is 5.36. The zero-order valence-corrected chi connectivity index (χ0v) is 20.6. The van der Waals surface area contributed by atoms with E-state index in [9.17, 15) is 13.2 Å². The molecule has 0 radical (unpaired) electrons. The van der Waals surface area contributed by atoms with Crippen LogP contribution in [0.2, 0.25) is 25.7 Å². The minimum Gasteiger partial charge on any atom is -0.398 e. The molecule has 0 bridgehead atoms. The van der Waals surface area contributed by atoms with E-state index in [2.05, 4.69) is 39.6 Å². The van der Waals surface area contributed by atoms with Gasteiger partial charge in [0.1, 0.15) is 29.6 Å². The summed E-state index contributed by atoms with van der Waals surface area (Å²) in [5.74, 6) is 0.149. The Morgan fingerprint density at radius 1 is 1.03 bits per heavy atom. The van der Waals surface area contributed by atoms with E-state index in [1.807, 2.05) is 0 Å². The number of nitrogen functional groups attached to an aromatic ring is 2. The third-order valence-corrected chi connectivity index (χ3v) is 7.07. The zero-order chi connectivity index (χ0) is 25.4. The number of alkyl halides is 3. The maximum Gasteiger partial charge on any atom is 0.433 e. The maximum absolute atomic E-state index is 13.3. The first kappa shape index (κ1) is 24.6. The number of halogens is 3. The van der Waals surface area contributed by atoms with Crippen LogP contribution < -0.4 is 11.5 Å². The molecule has 12 heteroatoms. The average molecular weight is 502 g/mol. The van der Waals surface area contributed by atoms with Gasteiger partial charge >= 0.3 is 6.18 Å². The summed E-state index contributed by atoms with van der Waals surface area (Å²) in [6.45, 7) is 7.60. The van der Waals surface area contributed by atoms with E-state index >= 15 is 0 Å². The summed E-state index contributed by atoms with van der Waals surface area (Å²) in [6.07, 6.45) is -1.35. The topological polar surface area (TPSA) is 118 Å². The number of fused-ring (bicyclic) bond motifs is 1. The van der Waals surface area contributed by atoms with Crippen molar-refractivity contribution < 1.29 is 17.9 Å². The molecule has 0 aromatic carbocycles. The Hall–Kier alpha value is -3.51. The Balaban J connectivity index is 1.85. The van der Waals surface area contributed by atoms with Gasteiger partial charge in [-0.1, -0.05) is 25.7 Å². The molecule has 0 aliphatic heterocycles. The van der Waals surface area contributed by atoms with Crippen molar-refractivity contribution in [1.29, 1.82) is 0 Å². The van der Waals surface area contributed by atoms with Gasteiger partial charge < -0.3 is 20.8 Å². The molecule has 8 nitrogen and oxygen atoms in total. The summed E-state index contributed by atoms with van der Waals surface area (Å²) in [4.78, 5) is 16.9. The minimum absolute atomic E-state index is 0.00306. The molecule has 0 fully saturated rings. The van der Waals surface area contributed by atoms with Crippen molar-refractivity contribution in [2.24, 2.45) is 0 Å². The number of hydrogen-bond donors (Lipinski definition) is 2. The van der Waals surface area contributed by atoms with Gasteiger partial charge in [-0.2, -0.15) is 13.2 Å². The smallest absolute Gasteiger partial charge is 0.398 e. The van der Waals surface area contributed by atoms with Gasteiger partial charge in [-0.05, 0) is 30.3 Å². The molecular weight excluding hydrogens is 475 g/mol. The molecular formula is C23H26F3N7OSi. The zero-order valence-electron chi connectivity index (χ0n) is 19.6. The monoisotopic (exact) mass is 501 g/mol. The number of nitrogens with two attached hydrogens (primary N) is 2. The highest BCUT2D eigenvalue weighted by atomic mass is 28.3. The predicted molar refractivity (Wildman–Crippen MR) is 132 cm³/mol. The van der Waals surface area contributed by atoms with Gasteiger partial charge in [0.25, 0.3) is 0 Å². The summed E-state index contributed by atoms with van der Waals surface area (Å²) >= 11 is 0. The molecule has 4 heterocycles. The van der Waals surface area contributed by atoms with E-state index in [4.69, 9.17) is 16.2 Å². The second kappa shape index (κ2) is 9.27. The molecule has 4 N–H and O–H groups in total. The van der Waals surface area contributed by atoms with E-state index in [1.54, 1.807) is 22.9 Å². The summed E-state index contributed by atoms with van der Waals surface area (Å²) in [5.41, 5.74) is 12.8. The van der Waals surface area contributed by atoms with Crippen molar-refractivity contribution in [3.05, 3.63) is 48.4 Å². The number of rotatable bonds is 7. The number of anilines is 2. The van der Waals surface area contributed by atoms with Crippen LogP contribution in [0.1, 0.15) is 5.69 Å². The van der Waals surface area contributed by atoms with Crippen molar-refractivity contribution in [3.63, 3.8) is 0 Å². The quantitative estimate of drug-likeness (QED) is 0.269. The molecule has 0 unspecified atom stereocenters. The van der Waals surface area contributed by atoms with Gasteiger partial charge in [-0.15, -0.1) is 0 Å². The Kier molecular flexibility index (Phi) is 6.51. The second-order valence-corrected chi connectivity index (χ2v) is 15.0. The average Bonchev–Trinajstić information content (AvgIpc) is 3.18. The van der Waals surface area contributed by atoms with E-state index in [1.165, 1.54) is 18.3 Å². The van der Waals surface area contributed by atoms with Gasteiger partial charge in [0.15, 0.2) is 5.82 Å². The normalized spacial score (nSPS) is 12.4. The highest BCUT2D eigenvalue weighted by Crippen LogP contribution is 2.36. The lowest BCUT2D eigenvalue weighted by Gasteiger charge is -2.16. The molecule has 0 saturated heterocycles. The van der Waals surface area contributed by atoms with E-state index in [0.717, 1.165) is 12.1 Å². The van der Waals surface area contributed by atoms with Crippen molar-refractivity contribution in [1.82, 2.24) is 24.5 Å². The summed E-state index contributed by atoms with van der Waals surface area (Å²) < 4.78 is 47.5. The molecule has 0 atom stereocenters. The van der Waals surface area contributed by atoms with Crippen LogP contribution in [-0.4, -0.2) is 39.2 Å². The van der Waals surface area contributed by atoms with Crippen molar-refractivity contribution >= 4 is 30.6 Å². The summed E-state index contributed by atoms with van der Waals surface area (Å²) in [7, 11) is -1.27. The highest BCUT2D eigenvalue weighted by Gasteiger charge is 2.33. The predicted octanol–water partition coefficient (Wildman–Crippen LogP) is 5.05. The maximum atomic E-state index is 13.3. The number of hydrogen-bond acceptors (Lipinski definition) is 7. The summed E-state index contributed by atoms with van der Waals surface area (Å²) in [6, 6.07) is 7.96. The lowest BCUT2D eigenvalue weighted by atomic mass is 10.1. The van der Waals surface area contributed by atoms with Crippen LogP contribution >= 0.6 is 0 Å². The van der Waals surface area contributed by atoms with Crippen molar-refractivity contribution in [3.8, 4) is 22.8 Å². The first-order valence-corrected chi connectivity index (χ1v) is 14.6. The molecule has 4 aromatic rings. The standard InChI is InChI=1S/C23H26F3N7OSi/c1-35(2,3)12-11-34-13-33-10-8-14-19(18-15(27)7-9-29-20(18)28)31-21(32-22(14)33)16-5-4-6-17(30-16)23(24,25)26/h4-10H,11-13H2,1-3H3,(H4,27,28,29). The van der Waals surface area contributed by atoms with Crippen LogP contribution in [0.3, 0.4) is 0 Å². The fraction of sp³-hybridized carbons (Fsp3) is 0.304. The largest absolute Gasteiger partial charge is 0.433 e. The highest BCUT2D eigenvalue weighted by molar-refractivity contribution is 6.76. The van der Waals surface area contributed by atoms with Crippen molar-refractivity contribution in [2.45, 2.75) is 38.6 Å². The first-order chi connectivity index (χ1) is 16.4. The van der Waals surface area contributed by atoms with Crippen LogP contribution in [0.25, 0.3) is 33.8 Å². The van der Waals surface area contributed by atoms with Gasteiger partial charge in [0, 0.05) is 38.1 Å². The SMILES string of the molecule is C[Si](C)(C)CCOCn1ccc2c(-c3c(N)ccnc3N)nc(-c3cccc(C(F)(F)F)n3)nc21. The molecule has 0 aliphatic rings. The van der Waals surface area contributed by atoms with Gasteiger partial charge in [-0.25, -0.2) is 19.9 Å². The molecule has 35 heavy (non-hydrogen) atoms. The molecule has 0 saturated carbocycles. The second-order valence-electron chi connectivity index (χ2n) is 9.33. The number of pyridine rings is 2. The van der Waals surface area contributed by atoms with Crippen molar-refractivity contribution in [2.75, 3.05) is 18.1 Å². The van der Waals surface area contributed by atoms with E-state index in [-0.39, 0.29) is 24.1 Å². The third kappa shape index (κ3) is 5.43. The lowest BCUT2D eigenvalue weighted by molar-refractivity contribution is -0.141. The van der Waals surface area contributed by atoms with E-state index < -0.39 is 19.9 Å². The molecule has 0 spiro atoms. The van der Waals surface area contributed by atoms with Crippen LogP contribution in [0.5, 0.6) is 0 Å². The number of nitrogens with zero attached hydrogens (tertiary/aromatic N) is 5. The minimum atomic E-state index is -4.61. The molecule has 4 rings (SSSR count). The van der Waals surface area contributed by atoms with E-state index in [0.29, 0.717) is 34.6 Å². The molecule has 0 amide bonds. The molecule has 184 valence electrons. The van der Waals surface area contributed by atoms with Gasteiger partial charge in [-0.3, -0.25) is 0 Å². The number of ether oxygens (including phenoxy) is 1. The Morgan fingerprint density at radius 3 is 2.49 bits per heavy atom. The summed E-state index contributed by atoms with van der Waals surface area (Å²) in [5, 5.41) is 0.612. The Morgan fingerprint density at radius 2 is 1.80 bits per heavy atom. The van der Waals surface area contributed by atoms with Crippen LogP contribution in [0.4, 0.5) is 24.7 Å². The fourth-order valence-corrected chi connectivity index (χ4v) is 4.24. The molecule has 0 aliphatic carbocycles. The molecule has 4 aromatic heterocycles. The Bertz CT molecular complexity index is 1350. The first-order valence-electron chi connectivity index (χ1n) is 10.9. The lowest BCUT2D eigenvalue weighted by Crippen LogP contribution is -2.22. The number of aromatic nitrogens is 5. The fourth-order valence-electron chi connectivity index (χ4n) is 3.48. The van der Waals surface area contributed by atoms with Crippen LogP contribution in [0, 0.1) is 0 Å². The van der Waals surface area contributed by atoms with Crippen LogP contribution in [0.15, 0.2) is 42.7 Å². The van der Waals surface area contributed by atoms with Gasteiger partial charge in [0.2, 0.25) is 0 Å². The van der Waals surface area contributed by atoms with Gasteiger partial charge in [0.05, 0.1) is 11.3 Å².